The first kappa shape index (κ1) is 14.2. The van der Waals surface area contributed by atoms with Crippen molar-refractivity contribution in [2.75, 3.05) is 11.9 Å². The van der Waals surface area contributed by atoms with Gasteiger partial charge in [0.15, 0.2) is 6.29 Å². The predicted octanol–water partition coefficient (Wildman–Crippen LogP) is 1.86. The Labute approximate surface area is 117 Å². The van der Waals surface area contributed by atoms with Crippen LogP contribution in [0.3, 0.4) is 0 Å². The molecule has 1 unspecified atom stereocenters. The quantitative estimate of drug-likeness (QED) is 0.817. The van der Waals surface area contributed by atoms with E-state index in [1.807, 2.05) is 6.07 Å². The first-order valence-electron chi connectivity index (χ1n) is 6.32. The van der Waals surface area contributed by atoms with Crippen molar-refractivity contribution in [2.24, 2.45) is 0 Å². The molecule has 0 spiro atoms. The second-order valence-corrected chi connectivity index (χ2v) is 4.18. The number of carbonyl (C=O) groups is 1. The first-order chi connectivity index (χ1) is 9.63. The molecule has 1 amide bonds. The number of nitrogens with one attached hydrogen (secondary N) is 1. The van der Waals surface area contributed by atoms with E-state index in [-0.39, 0.29) is 5.91 Å². The molecule has 0 bridgehead atoms. The van der Waals surface area contributed by atoms with Crippen molar-refractivity contribution in [3.05, 3.63) is 42.5 Å². The number of pyridine rings is 1. The largest absolute Gasteiger partial charge is 0.363 e. The third-order valence-corrected chi connectivity index (χ3v) is 2.72. The minimum atomic E-state index is -1.13. The van der Waals surface area contributed by atoms with E-state index >= 15 is 0 Å². The zero-order valence-corrected chi connectivity index (χ0v) is 11.4. The molecule has 0 saturated carbocycles. The van der Waals surface area contributed by atoms with E-state index in [9.17, 15) is 9.90 Å². The Morgan fingerprint density at radius 1 is 1.55 bits per heavy atom. The fourth-order valence-electron chi connectivity index (χ4n) is 1.95. The van der Waals surface area contributed by atoms with Gasteiger partial charge in [-0.1, -0.05) is 0 Å². The molecule has 2 aromatic heterocycles. The lowest BCUT2D eigenvalue weighted by atomic mass is 10.3. The van der Waals surface area contributed by atoms with E-state index < -0.39 is 6.29 Å². The second-order valence-electron chi connectivity index (χ2n) is 4.18. The number of carbonyl (C=O) groups excluding carboxylic acids is 1. The number of aromatic nitrogens is 2. The van der Waals surface area contributed by atoms with Crippen molar-refractivity contribution >= 4 is 11.6 Å². The molecule has 0 aliphatic heterocycles. The lowest BCUT2D eigenvalue weighted by Gasteiger charge is -2.16. The highest BCUT2D eigenvalue weighted by atomic mass is 16.6. The van der Waals surface area contributed by atoms with E-state index in [2.05, 4.69) is 10.3 Å². The van der Waals surface area contributed by atoms with E-state index in [1.165, 1.54) is 6.92 Å². The van der Waals surface area contributed by atoms with Crippen molar-refractivity contribution in [3.63, 3.8) is 0 Å². The maximum absolute atomic E-state index is 11.2. The average molecular weight is 275 g/mol. The summed E-state index contributed by atoms with van der Waals surface area (Å²) in [6.07, 6.45) is 3.96. The number of amides is 1. The summed E-state index contributed by atoms with van der Waals surface area (Å²) in [6, 6.07) is 5.36. The molecule has 2 heterocycles. The number of aliphatic hydroxyl groups is 1. The molecular formula is C14H17N3O3. The normalized spacial score (nSPS) is 12.2. The van der Waals surface area contributed by atoms with Gasteiger partial charge in [-0.2, -0.15) is 0 Å². The molecule has 1 atom stereocenters. The highest BCUT2D eigenvalue weighted by Gasteiger charge is 2.19. The van der Waals surface area contributed by atoms with E-state index in [0.29, 0.717) is 18.0 Å². The Morgan fingerprint density at radius 2 is 2.35 bits per heavy atom. The summed E-state index contributed by atoms with van der Waals surface area (Å²) >= 11 is 0. The van der Waals surface area contributed by atoms with Gasteiger partial charge in [-0.25, -0.2) is 0 Å². The Kier molecular flexibility index (Phi) is 4.49. The molecule has 0 aromatic carbocycles. The van der Waals surface area contributed by atoms with E-state index in [1.54, 1.807) is 42.2 Å². The summed E-state index contributed by atoms with van der Waals surface area (Å²) in [5, 5.41) is 12.8. The summed E-state index contributed by atoms with van der Waals surface area (Å²) < 4.78 is 6.97. The Morgan fingerprint density at radius 3 is 2.95 bits per heavy atom. The second kappa shape index (κ2) is 6.31. The molecule has 2 N–H and O–H groups in total. The van der Waals surface area contributed by atoms with Gasteiger partial charge in [0.25, 0.3) is 0 Å². The number of aliphatic hydroxyl groups excluding tert-OH is 1. The van der Waals surface area contributed by atoms with Gasteiger partial charge in [0, 0.05) is 25.9 Å². The zero-order chi connectivity index (χ0) is 14.5. The maximum atomic E-state index is 11.2. The van der Waals surface area contributed by atoms with Gasteiger partial charge in [0.1, 0.15) is 5.69 Å². The van der Waals surface area contributed by atoms with Gasteiger partial charge in [-0.3, -0.25) is 9.78 Å². The smallest absolute Gasteiger partial charge is 0.221 e. The molecule has 2 rings (SSSR count). The SMILES string of the molecule is CCOC(O)c1c(NC(C)=O)ccn1-c1cccnc1. The number of nitrogens with zero attached hydrogens (tertiary/aromatic N) is 2. The number of hydrogen-bond donors (Lipinski definition) is 2. The van der Waals surface area contributed by atoms with Crippen LogP contribution < -0.4 is 5.32 Å². The van der Waals surface area contributed by atoms with Crippen LogP contribution in [0.5, 0.6) is 0 Å². The third kappa shape index (κ3) is 3.04. The molecule has 6 nitrogen and oxygen atoms in total. The molecule has 0 fully saturated rings. The fourth-order valence-corrected chi connectivity index (χ4v) is 1.95. The zero-order valence-electron chi connectivity index (χ0n) is 11.4. The Balaban J connectivity index is 2.46. The minimum absolute atomic E-state index is 0.209. The van der Waals surface area contributed by atoms with Crippen molar-refractivity contribution in [1.29, 1.82) is 0 Å². The lowest BCUT2D eigenvalue weighted by molar-refractivity contribution is -0.114. The summed E-state index contributed by atoms with van der Waals surface area (Å²) in [5.74, 6) is -0.209. The highest BCUT2D eigenvalue weighted by Crippen LogP contribution is 2.28. The van der Waals surface area contributed by atoms with E-state index in [0.717, 1.165) is 5.69 Å². The van der Waals surface area contributed by atoms with Crippen LogP contribution in [0.25, 0.3) is 5.69 Å². The average Bonchev–Trinajstić information content (AvgIpc) is 2.83. The molecule has 0 saturated heterocycles. The van der Waals surface area contributed by atoms with Crippen molar-refractivity contribution in [3.8, 4) is 5.69 Å². The van der Waals surface area contributed by atoms with Gasteiger partial charge in [-0.05, 0) is 25.1 Å². The molecule has 106 valence electrons. The van der Waals surface area contributed by atoms with Crippen LogP contribution in [0.4, 0.5) is 5.69 Å². The van der Waals surface area contributed by atoms with Crippen molar-refractivity contribution in [1.82, 2.24) is 9.55 Å². The fraction of sp³-hybridized carbons (Fsp3) is 0.286. The van der Waals surface area contributed by atoms with Gasteiger partial charge in [0.2, 0.25) is 5.91 Å². The molecule has 2 aromatic rings. The highest BCUT2D eigenvalue weighted by molar-refractivity contribution is 5.89. The lowest BCUT2D eigenvalue weighted by Crippen LogP contribution is -2.14. The standard InChI is InChI=1S/C14H17N3O3/c1-3-20-14(19)13-12(16-10(2)18)6-8-17(13)11-5-4-7-15-9-11/h4-9,14,19H,3H2,1-2H3,(H,16,18). The summed E-state index contributed by atoms with van der Waals surface area (Å²) in [4.78, 5) is 15.3. The summed E-state index contributed by atoms with van der Waals surface area (Å²) in [6.45, 7) is 3.57. The number of rotatable bonds is 5. The molecule has 0 aliphatic rings. The van der Waals surface area contributed by atoms with Crippen molar-refractivity contribution in [2.45, 2.75) is 20.1 Å². The van der Waals surface area contributed by atoms with Crippen molar-refractivity contribution < 1.29 is 14.6 Å². The molecule has 0 radical (unpaired) electrons. The minimum Gasteiger partial charge on any atom is -0.363 e. The van der Waals surface area contributed by atoms with E-state index in [4.69, 9.17) is 4.74 Å². The van der Waals surface area contributed by atoms with Crippen LogP contribution in [-0.4, -0.2) is 27.2 Å². The monoisotopic (exact) mass is 275 g/mol. The molecular weight excluding hydrogens is 258 g/mol. The Hall–Kier alpha value is -2.18. The van der Waals surface area contributed by atoms with Crippen LogP contribution in [0, 0.1) is 0 Å². The maximum Gasteiger partial charge on any atom is 0.221 e. The first-order valence-corrected chi connectivity index (χ1v) is 6.32. The van der Waals surface area contributed by atoms with Crippen LogP contribution in [0.2, 0.25) is 0 Å². The summed E-state index contributed by atoms with van der Waals surface area (Å²) in [5.41, 5.74) is 1.76. The molecule has 20 heavy (non-hydrogen) atoms. The van der Waals surface area contributed by atoms with Crippen LogP contribution in [-0.2, 0) is 9.53 Å². The number of hydrogen-bond acceptors (Lipinski definition) is 4. The molecule has 6 heteroatoms. The summed E-state index contributed by atoms with van der Waals surface area (Å²) in [7, 11) is 0. The van der Waals surface area contributed by atoms with Gasteiger partial charge >= 0.3 is 0 Å². The predicted molar refractivity (Wildman–Crippen MR) is 74.5 cm³/mol. The van der Waals surface area contributed by atoms with Crippen LogP contribution in [0.1, 0.15) is 25.8 Å². The molecule has 0 aliphatic carbocycles. The van der Waals surface area contributed by atoms with Crippen LogP contribution >= 0.6 is 0 Å². The topological polar surface area (TPSA) is 76.4 Å². The Bertz CT molecular complexity index is 581. The number of ether oxygens (including phenoxy) is 1. The van der Waals surface area contributed by atoms with Crippen LogP contribution in [0.15, 0.2) is 36.8 Å². The third-order valence-electron chi connectivity index (χ3n) is 2.72. The van der Waals surface area contributed by atoms with Gasteiger partial charge < -0.3 is 19.7 Å². The van der Waals surface area contributed by atoms with Gasteiger partial charge in [0.05, 0.1) is 17.6 Å². The van der Waals surface area contributed by atoms with Gasteiger partial charge in [-0.15, -0.1) is 0 Å². The number of anilines is 1.